The second-order valence-electron chi connectivity index (χ2n) is 16.6. The van der Waals surface area contributed by atoms with Crippen LogP contribution < -0.4 is 24.3 Å². The summed E-state index contributed by atoms with van der Waals surface area (Å²) in [4.78, 5) is 36.1. The Hall–Kier alpha value is -5.40. The Kier molecular flexibility index (Phi) is 19.8. The number of pyridine rings is 2. The lowest BCUT2D eigenvalue weighted by atomic mass is 9.92. The molecule has 4 heterocycles. The van der Waals surface area contributed by atoms with Gasteiger partial charge in [0.15, 0.2) is 0 Å². The van der Waals surface area contributed by atoms with Gasteiger partial charge in [-0.1, -0.05) is 36.4 Å². The third-order valence-corrected chi connectivity index (χ3v) is 11.8. The topological polar surface area (TPSA) is 215 Å². The third kappa shape index (κ3) is 15.9. The van der Waals surface area contributed by atoms with Crippen LogP contribution in [0.25, 0.3) is 11.1 Å². The number of aliphatic hydroxyl groups excluding tert-OH is 2. The first kappa shape index (κ1) is 50.0. The van der Waals surface area contributed by atoms with E-state index in [4.69, 9.17) is 48.6 Å². The standard InChI is InChI=1S/C49H65N5O12/c1-34-38(32-65-44-14-12-36(6-3-9-40(55)28-46(57)58)48(51-44)63-26-20-53-16-22-61-23-17-53)7-4-10-42(34)43-11-5-8-39(35(43)2)33-66-45-15-13-37(30-50-31-41(56)29-47(59)60)49(52-45)64-27-21-54-18-24-62-25-19-54/h4-5,7-8,10-15,40-41,50,55-56H,3,6,9,16-33H2,1-2H3,(H,57,58)(H,59,60)/t40-,41+/m1/s1. The van der Waals surface area contributed by atoms with Crippen LogP contribution in [0.15, 0.2) is 60.7 Å². The molecule has 66 heavy (non-hydrogen) atoms. The number of aliphatic hydroxyl groups is 2. The summed E-state index contributed by atoms with van der Waals surface area (Å²) in [5.74, 6) is -0.395. The van der Waals surface area contributed by atoms with Gasteiger partial charge in [0.25, 0.3) is 0 Å². The van der Waals surface area contributed by atoms with Crippen LogP contribution in [0.4, 0.5) is 0 Å². The zero-order valence-electron chi connectivity index (χ0n) is 38.1. The first-order chi connectivity index (χ1) is 32.0. The second-order valence-corrected chi connectivity index (χ2v) is 16.6. The van der Waals surface area contributed by atoms with E-state index in [0.29, 0.717) is 95.5 Å². The normalized spacial score (nSPS) is 15.5. The van der Waals surface area contributed by atoms with Crippen molar-refractivity contribution in [3.8, 4) is 34.6 Å². The molecule has 2 saturated heterocycles. The van der Waals surface area contributed by atoms with E-state index in [0.717, 1.165) is 77.2 Å². The molecule has 4 aromatic rings. The monoisotopic (exact) mass is 915 g/mol. The number of aryl methyl sites for hydroxylation is 1. The van der Waals surface area contributed by atoms with Gasteiger partial charge in [-0.15, -0.1) is 0 Å². The molecule has 0 unspecified atom stereocenters. The molecule has 2 fully saturated rings. The fraction of sp³-hybridized carbons (Fsp3) is 0.510. The smallest absolute Gasteiger partial charge is 0.306 e. The first-order valence-electron chi connectivity index (χ1n) is 22.8. The number of carbonyl (C=O) groups is 2. The van der Waals surface area contributed by atoms with Crippen molar-refractivity contribution in [1.82, 2.24) is 25.1 Å². The number of carboxylic acids is 2. The number of hydrogen-bond donors (Lipinski definition) is 5. The summed E-state index contributed by atoms with van der Waals surface area (Å²) >= 11 is 0. The number of nitrogens with zero attached hydrogens (tertiary/aromatic N) is 4. The van der Waals surface area contributed by atoms with Crippen molar-refractivity contribution in [2.45, 2.75) is 77.9 Å². The highest BCUT2D eigenvalue weighted by Gasteiger charge is 2.18. The molecular formula is C49H65N5O12. The molecule has 0 radical (unpaired) electrons. The van der Waals surface area contributed by atoms with Crippen molar-refractivity contribution < 1.29 is 58.4 Å². The fourth-order valence-electron chi connectivity index (χ4n) is 7.88. The SMILES string of the molecule is Cc1c(COc2ccc(CCC[C@@H](O)CC(=O)O)c(OCCN3CCOCC3)n2)cccc1-c1cccc(COc2ccc(CNC[C@@H](O)CC(=O)O)c(OCCN3CCOCC3)n2)c1C. The number of nitrogens with one attached hydrogen (secondary N) is 1. The van der Waals surface area contributed by atoms with E-state index >= 15 is 0 Å². The maximum Gasteiger partial charge on any atom is 0.306 e. The minimum Gasteiger partial charge on any atom is -0.481 e. The Morgan fingerprint density at radius 3 is 1.65 bits per heavy atom. The summed E-state index contributed by atoms with van der Waals surface area (Å²) in [5, 5.41) is 41.3. The van der Waals surface area contributed by atoms with Crippen molar-refractivity contribution in [3.63, 3.8) is 0 Å². The van der Waals surface area contributed by atoms with E-state index in [9.17, 15) is 19.8 Å². The predicted molar refractivity (Wildman–Crippen MR) is 245 cm³/mol. The number of rotatable bonds is 27. The van der Waals surface area contributed by atoms with Crippen molar-refractivity contribution in [2.75, 3.05) is 85.5 Å². The lowest BCUT2D eigenvalue weighted by molar-refractivity contribution is -0.140. The molecule has 0 aliphatic carbocycles. The van der Waals surface area contributed by atoms with Crippen molar-refractivity contribution >= 4 is 11.9 Å². The largest absolute Gasteiger partial charge is 0.481 e. The summed E-state index contributed by atoms with van der Waals surface area (Å²) in [6, 6.07) is 19.7. The summed E-state index contributed by atoms with van der Waals surface area (Å²) in [6.07, 6.45) is -1.07. The highest BCUT2D eigenvalue weighted by molar-refractivity contribution is 5.72. The molecule has 17 heteroatoms. The molecule has 0 saturated carbocycles. The number of hydrogen-bond acceptors (Lipinski definition) is 15. The number of aromatic nitrogens is 2. The predicted octanol–water partition coefficient (Wildman–Crippen LogP) is 4.42. The van der Waals surface area contributed by atoms with Crippen LogP contribution in [0.2, 0.25) is 0 Å². The molecule has 5 N–H and O–H groups in total. The number of morpholine rings is 2. The van der Waals surface area contributed by atoms with Crippen LogP contribution in [0.5, 0.6) is 23.5 Å². The van der Waals surface area contributed by atoms with Gasteiger partial charge < -0.3 is 54.2 Å². The lowest BCUT2D eigenvalue weighted by Gasteiger charge is -2.26. The number of aliphatic carboxylic acids is 2. The Labute approximate surface area is 386 Å². The highest BCUT2D eigenvalue weighted by Crippen LogP contribution is 2.32. The summed E-state index contributed by atoms with van der Waals surface area (Å²) in [5.41, 5.74) is 7.87. The molecule has 358 valence electrons. The van der Waals surface area contributed by atoms with E-state index in [1.54, 1.807) is 6.07 Å². The lowest BCUT2D eigenvalue weighted by Crippen LogP contribution is -2.38. The van der Waals surface area contributed by atoms with Crippen LogP contribution in [0, 0.1) is 13.8 Å². The van der Waals surface area contributed by atoms with Gasteiger partial charge in [0, 0.05) is 75.6 Å². The molecule has 2 aromatic carbocycles. The number of carboxylic acid groups (broad SMARTS) is 2. The Bertz CT molecular complexity index is 2010. The van der Waals surface area contributed by atoms with E-state index in [1.165, 1.54) is 0 Å². The zero-order chi connectivity index (χ0) is 46.7. The van der Waals surface area contributed by atoms with E-state index < -0.39 is 24.1 Å². The molecule has 0 bridgehead atoms. The van der Waals surface area contributed by atoms with Gasteiger partial charge >= 0.3 is 11.9 Å². The van der Waals surface area contributed by atoms with Gasteiger partial charge in [0.1, 0.15) is 26.4 Å². The van der Waals surface area contributed by atoms with E-state index in [2.05, 4.69) is 41.1 Å². The van der Waals surface area contributed by atoms with Gasteiger partial charge in [-0.2, -0.15) is 9.97 Å². The van der Waals surface area contributed by atoms with Crippen LogP contribution >= 0.6 is 0 Å². The highest BCUT2D eigenvalue weighted by atomic mass is 16.5. The van der Waals surface area contributed by atoms with Crippen molar-refractivity contribution in [3.05, 3.63) is 94.0 Å². The van der Waals surface area contributed by atoms with Crippen LogP contribution in [-0.4, -0.2) is 150 Å². The van der Waals surface area contributed by atoms with Crippen molar-refractivity contribution in [2.24, 2.45) is 0 Å². The Morgan fingerprint density at radius 1 is 0.652 bits per heavy atom. The molecule has 0 amide bonds. The van der Waals surface area contributed by atoms with Gasteiger partial charge in [0.05, 0.1) is 51.5 Å². The van der Waals surface area contributed by atoms with Crippen LogP contribution in [0.1, 0.15) is 59.1 Å². The molecule has 2 aliphatic rings. The molecule has 0 spiro atoms. The molecule has 2 atom stereocenters. The maximum absolute atomic E-state index is 11.0. The molecular weight excluding hydrogens is 851 g/mol. The van der Waals surface area contributed by atoms with E-state index in [-0.39, 0.29) is 32.6 Å². The summed E-state index contributed by atoms with van der Waals surface area (Å²) in [7, 11) is 0. The quantitative estimate of drug-likeness (QED) is 0.0560. The Morgan fingerprint density at radius 2 is 1.14 bits per heavy atom. The Balaban J connectivity index is 1.10. The minimum atomic E-state index is -1.06. The molecule has 2 aromatic heterocycles. The average molecular weight is 916 g/mol. The van der Waals surface area contributed by atoms with Crippen molar-refractivity contribution in [1.29, 1.82) is 0 Å². The molecule has 17 nitrogen and oxygen atoms in total. The van der Waals surface area contributed by atoms with Crippen LogP contribution in [0.3, 0.4) is 0 Å². The number of benzene rings is 2. The zero-order valence-corrected chi connectivity index (χ0v) is 38.1. The first-order valence-corrected chi connectivity index (χ1v) is 22.8. The summed E-state index contributed by atoms with van der Waals surface area (Å²) in [6.45, 7) is 13.5. The van der Waals surface area contributed by atoms with Gasteiger partial charge in [0.2, 0.25) is 23.5 Å². The fourth-order valence-corrected chi connectivity index (χ4v) is 7.88. The van der Waals surface area contributed by atoms with Gasteiger partial charge in [-0.05, 0) is 78.6 Å². The van der Waals surface area contributed by atoms with Gasteiger partial charge in [-0.3, -0.25) is 19.4 Å². The van der Waals surface area contributed by atoms with Crippen LogP contribution in [-0.2, 0) is 45.2 Å². The minimum absolute atomic E-state index is 0.106. The number of ether oxygens (including phenoxy) is 6. The van der Waals surface area contributed by atoms with Gasteiger partial charge in [-0.25, -0.2) is 0 Å². The molecule has 2 aliphatic heterocycles. The third-order valence-electron chi connectivity index (χ3n) is 11.8. The van der Waals surface area contributed by atoms with E-state index in [1.807, 2.05) is 42.5 Å². The average Bonchev–Trinajstić information content (AvgIpc) is 3.30. The maximum atomic E-state index is 11.0. The summed E-state index contributed by atoms with van der Waals surface area (Å²) < 4.78 is 35.9. The second kappa shape index (κ2) is 26.1. The molecule has 6 rings (SSSR count).